The maximum Gasteiger partial charge on any atom is 0.336 e. The van der Waals surface area contributed by atoms with Gasteiger partial charge in [-0.2, -0.15) is 5.10 Å². The Balaban J connectivity index is 1.42. The fraction of sp³-hybridized carbons (Fsp3) is 0.0800. The zero-order chi connectivity index (χ0) is 24.8. The van der Waals surface area contributed by atoms with Gasteiger partial charge in [0.05, 0.1) is 24.4 Å². The molecule has 1 heterocycles. The van der Waals surface area contributed by atoms with Crippen molar-refractivity contribution >= 4 is 45.8 Å². The molecule has 1 aliphatic rings. The predicted molar refractivity (Wildman–Crippen MR) is 132 cm³/mol. The molecule has 9 nitrogen and oxygen atoms in total. The molecule has 0 saturated heterocycles. The van der Waals surface area contributed by atoms with Crippen molar-refractivity contribution in [3.8, 4) is 5.75 Å². The average Bonchev–Trinajstić information content (AvgIpc) is 3.32. The number of nitrogens with zero attached hydrogens (tertiary/aromatic N) is 2. The predicted octanol–water partition coefficient (Wildman–Crippen LogP) is 4.77. The van der Waals surface area contributed by atoms with Gasteiger partial charge < -0.3 is 9.47 Å². The number of carbonyl (C=O) groups excluding carboxylic acids is 2. The lowest BCUT2D eigenvalue weighted by molar-refractivity contribution is -0.384. The Morgan fingerprint density at radius 2 is 1.91 bits per heavy atom. The molecule has 0 bridgehead atoms. The first-order valence-corrected chi connectivity index (χ1v) is 11.2. The first-order chi connectivity index (χ1) is 16.9. The monoisotopic (exact) mass is 535 g/mol. The zero-order valence-corrected chi connectivity index (χ0v) is 19.7. The van der Waals surface area contributed by atoms with Crippen LogP contribution in [0, 0.1) is 10.1 Å². The van der Waals surface area contributed by atoms with E-state index in [-0.39, 0.29) is 17.3 Å². The van der Waals surface area contributed by atoms with Crippen molar-refractivity contribution in [3.63, 3.8) is 0 Å². The zero-order valence-electron chi connectivity index (χ0n) is 18.1. The molecule has 0 radical (unpaired) electrons. The van der Waals surface area contributed by atoms with E-state index in [9.17, 15) is 19.7 Å². The molecule has 4 rings (SSSR count). The van der Waals surface area contributed by atoms with E-state index in [1.807, 2.05) is 6.07 Å². The van der Waals surface area contributed by atoms with E-state index in [2.05, 4.69) is 26.5 Å². The fourth-order valence-corrected chi connectivity index (χ4v) is 3.68. The summed E-state index contributed by atoms with van der Waals surface area (Å²) in [6.45, 7) is 1.02. The summed E-state index contributed by atoms with van der Waals surface area (Å²) in [5.41, 5.74) is 5.80. The summed E-state index contributed by atoms with van der Waals surface area (Å²) in [4.78, 5) is 35.1. The number of esters is 1. The lowest BCUT2D eigenvalue weighted by atomic mass is 10.1. The summed E-state index contributed by atoms with van der Waals surface area (Å²) in [6.07, 6.45) is 3.96. The Morgan fingerprint density at radius 3 is 2.74 bits per heavy atom. The van der Waals surface area contributed by atoms with Crippen molar-refractivity contribution in [3.05, 3.63) is 109 Å². The molecule has 176 valence electrons. The number of carbonyl (C=O) groups is 2. The fourth-order valence-electron chi connectivity index (χ4n) is 3.30. The highest BCUT2D eigenvalue weighted by Gasteiger charge is 2.14. The lowest BCUT2D eigenvalue weighted by Crippen LogP contribution is -2.18. The van der Waals surface area contributed by atoms with Gasteiger partial charge in [0.1, 0.15) is 5.75 Å². The second-order valence-corrected chi connectivity index (χ2v) is 8.38. The molecule has 35 heavy (non-hydrogen) atoms. The molecule has 0 spiro atoms. The maximum atomic E-state index is 12.4. The number of nitrogens with one attached hydrogen (secondary N) is 1. The molecule has 1 N–H and O–H groups in total. The Labute approximate surface area is 208 Å². The van der Waals surface area contributed by atoms with Crippen LogP contribution in [0.2, 0.25) is 0 Å². The Kier molecular flexibility index (Phi) is 7.44. The van der Waals surface area contributed by atoms with Gasteiger partial charge in [-0.3, -0.25) is 14.9 Å². The van der Waals surface area contributed by atoms with Gasteiger partial charge in [-0.25, -0.2) is 10.2 Å². The van der Waals surface area contributed by atoms with Crippen LogP contribution >= 0.6 is 15.9 Å². The van der Waals surface area contributed by atoms with Crippen molar-refractivity contribution in [2.45, 2.75) is 13.2 Å². The van der Waals surface area contributed by atoms with E-state index in [0.717, 1.165) is 15.6 Å². The highest BCUT2D eigenvalue weighted by molar-refractivity contribution is 9.10. The Morgan fingerprint density at radius 1 is 1.09 bits per heavy atom. The number of hydrazone groups is 1. The van der Waals surface area contributed by atoms with Gasteiger partial charge in [0.15, 0.2) is 0 Å². The van der Waals surface area contributed by atoms with Gasteiger partial charge in [0.2, 0.25) is 0 Å². The summed E-state index contributed by atoms with van der Waals surface area (Å²) >= 11 is 3.36. The van der Waals surface area contributed by atoms with Crippen LogP contribution in [-0.2, 0) is 22.7 Å². The number of halogens is 1. The third-order valence-electron chi connectivity index (χ3n) is 5.03. The highest BCUT2D eigenvalue weighted by Crippen LogP contribution is 2.23. The van der Waals surface area contributed by atoms with Crippen LogP contribution in [0.25, 0.3) is 6.08 Å². The number of non-ortho nitro benzene ring substituents is 1. The maximum absolute atomic E-state index is 12.4. The standard InChI is InChI=1S/C25H18BrN3O6/c26-21-7-8-23(35-24(30)9-4-16-2-1-3-22(10-16)29(32)33)19(12-21)13-27-28-25(31)17-5-6-18-14-34-15-20(18)11-17/h1-13H,14-15H2,(H,28,31)/b9-4+,27-13?. The van der Waals surface area contributed by atoms with Crippen LogP contribution in [0.4, 0.5) is 5.69 Å². The van der Waals surface area contributed by atoms with E-state index >= 15 is 0 Å². The quantitative estimate of drug-likeness (QED) is 0.116. The lowest BCUT2D eigenvalue weighted by Gasteiger charge is -2.06. The molecular formula is C25H18BrN3O6. The third-order valence-corrected chi connectivity index (χ3v) is 5.52. The van der Waals surface area contributed by atoms with Gasteiger partial charge in [0, 0.05) is 33.8 Å². The molecule has 0 aromatic heterocycles. The second kappa shape index (κ2) is 10.9. The second-order valence-electron chi connectivity index (χ2n) is 7.46. The van der Waals surface area contributed by atoms with Gasteiger partial charge in [0.25, 0.3) is 11.6 Å². The van der Waals surface area contributed by atoms with Gasteiger partial charge in [-0.15, -0.1) is 0 Å². The third kappa shape index (κ3) is 6.25. The largest absolute Gasteiger partial charge is 0.423 e. The number of ether oxygens (including phenoxy) is 2. The van der Waals surface area contributed by atoms with Crippen molar-refractivity contribution in [1.82, 2.24) is 5.43 Å². The number of rotatable bonds is 7. The topological polar surface area (TPSA) is 120 Å². The van der Waals surface area contributed by atoms with E-state index in [0.29, 0.717) is 29.9 Å². The van der Waals surface area contributed by atoms with Crippen LogP contribution in [0.3, 0.4) is 0 Å². The van der Waals surface area contributed by atoms with Crippen LogP contribution in [0.5, 0.6) is 5.75 Å². The molecule has 1 amide bonds. The number of nitro benzene ring substituents is 1. The number of hydrogen-bond donors (Lipinski definition) is 1. The van der Waals surface area contributed by atoms with E-state index in [1.54, 1.807) is 36.4 Å². The SMILES string of the molecule is O=C(/C=C/c1cccc([N+](=O)[O-])c1)Oc1ccc(Br)cc1C=NNC(=O)c1ccc2c(c1)COC2. The van der Waals surface area contributed by atoms with Crippen molar-refractivity contribution in [2.75, 3.05) is 0 Å². The minimum atomic E-state index is -0.683. The summed E-state index contributed by atoms with van der Waals surface area (Å²) in [5, 5.41) is 14.9. The molecule has 1 aliphatic heterocycles. The van der Waals surface area contributed by atoms with E-state index < -0.39 is 10.9 Å². The van der Waals surface area contributed by atoms with Crippen molar-refractivity contribution in [1.29, 1.82) is 0 Å². The Bertz CT molecular complexity index is 1370. The molecule has 10 heteroatoms. The van der Waals surface area contributed by atoms with E-state index in [4.69, 9.17) is 9.47 Å². The molecule has 0 aliphatic carbocycles. The molecular weight excluding hydrogens is 518 g/mol. The van der Waals surface area contributed by atoms with Crippen molar-refractivity contribution in [2.24, 2.45) is 5.10 Å². The molecule has 0 unspecified atom stereocenters. The van der Waals surface area contributed by atoms with Gasteiger partial charge in [-0.05, 0) is 53.1 Å². The summed E-state index contributed by atoms with van der Waals surface area (Å²) in [7, 11) is 0. The minimum Gasteiger partial charge on any atom is -0.423 e. The van der Waals surface area contributed by atoms with Gasteiger partial charge in [-0.1, -0.05) is 34.1 Å². The highest BCUT2D eigenvalue weighted by atomic mass is 79.9. The first kappa shape index (κ1) is 24.0. The van der Waals surface area contributed by atoms with Crippen LogP contribution in [0.1, 0.15) is 32.6 Å². The van der Waals surface area contributed by atoms with Gasteiger partial charge >= 0.3 is 5.97 Å². The molecule has 3 aromatic carbocycles. The average molecular weight is 536 g/mol. The van der Waals surface area contributed by atoms with Crippen LogP contribution in [0.15, 0.2) is 76.3 Å². The first-order valence-electron chi connectivity index (χ1n) is 10.4. The molecule has 0 saturated carbocycles. The van der Waals surface area contributed by atoms with Crippen LogP contribution in [-0.4, -0.2) is 23.0 Å². The summed E-state index contributed by atoms with van der Waals surface area (Å²) in [6, 6.07) is 16.1. The molecule has 3 aromatic rings. The summed E-state index contributed by atoms with van der Waals surface area (Å²) in [5.74, 6) is -0.850. The van der Waals surface area contributed by atoms with E-state index in [1.165, 1.54) is 36.6 Å². The minimum absolute atomic E-state index is 0.0813. The Hall–Kier alpha value is -4.15. The smallest absolute Gasteiger partial charge is 0.336 e. The number of hydrogen-bond acceptors (Lipinski definition) is 7. The number of nitro groups is 1. The molecule has 0 fully saturated rings. The normalized spacial score (nSPS) is 12.6. The van der Waals surface area contributed by atoms with Crippen LogP contribution < -0.4 is 10.2 Å². The number of benzene rings is 3. The molecule has 0 atom stereocenters. The number of fused-ring (bicyclic) bond motifs is 1. The summed E-state index contributed by atoms with van der Waals surface area (Å²) < 4.78 is 11.5. The number of amides is 1. The van der Waals surface area contributed by atoms with Crippen molar-refractivity contribution < 1.29 is 24.0 Å².